The summed E-state index contributed by atoms with van der Waals surface area (Å²) in [6, 6.07) is 0. The zero-order valence-electron chi connectivity index (χ0n) is 8.84. The molecule has 1 atom stereocenters. The van der Waals surface area contributed by atoms with Crippen LogP contribution >= 0.6 is 0 Å². The van der Waals surface area contributed by atoms with E-state index in [0.717, 1.165) is 10.4 Å². The van der Waals surface area contributed by atoms with Crippen LogP contribution in [0.5, 0.6) is 0 Å². The first-order valence-electron chi connectivity index (χ1n) is 5.26. The molecule has 2 aliphatic rings. The van der Waals surface area contributed by atoms with Crippen molar-refractivity contribution in [1.82, 2.24) is 0 Å². The summed E-state index contributed by atoms with van der Waals surface area (Å²) in [5.74, 6) is 0.856. The summed E-state index contributed by atoms with van der Waals surface area (Å²) < 4.78 is 1.11. The number of hydrogen-bond acceptors (Lipinski definition) is 0. The largest absolute Gasteiger partial charge is 0.325 e. The van der Waals surface area contributed by atoms with Gasteiger partial charge in [-0.3, -0.25) is 0 Å². The van der Waals surface area contributed by atoms with Crippen molar-refractivity contribution in [2.45, 2.75) is 19.3 Å². The fourth-order valence-corrected chi connectivity index (χ4v) is 2.30. The standard InChI is InChI=1S/C12H20N/c1-10-4-5-11-8-12(11)6-7-13(2,3)9-10/h8,11H,1,4-7,9H2,2-3H3/q+1. The molecule has 0 N–H and O–H groups in total. The van der Waals surface area contributed by atoms with Gasteiger partial charge in [0.2, 0.25) is 0 Å². The van der Waals surface area contributed by atoms with Crippen molar-refractivity contribution in [1.29, 1.82) is 0 Å². The van der Waals surface area contributed by atoms with Gasteiger partial charge in [0.15, 0.2) is 0 Å². The highest BCUT2D eigenvalue weighted by Gasteiger charge is 2.29. The molecule has 0 aromatic heterocycles. The van der Waals surface area contributed by atoms with E-state index in [-0.39, 0.29) is 0 Å². The second-order valence-electron chi connectivity index (χ2n) is 5.20. The maximum absolute atomic E-state index is 4.17. The number of likely N-dealkylation sites (N-methyl/N-ethyl adjacent to an activating group) is 1. The molecule has 1 saturated heterocycles. The second kappa shape index (κ2) is 2.98. The summed E-state index contributed by atoms with van der Waals surface area (Å²) in [5, 5.41) is 0. The number of quaternary nitrogens is 1. The summed E-state index contributed by atoms with van der Waals surface area (Å²) in [5.41, 5.74) is 3.15. The Morgan fingerprint density at radius 1 is 1.38 bits per heavy atom. The summed E-state index contributed by atoms with van der Waals surface area (Å²) in [6.07, 6.45) is 6.31. The van der Waals surface area contributed by atoms with Crippen LogP contribution in [0.2, 0.25) is 0 Å². The Bertz CT molecular complexity index is 260. The summed E-state index contributed by atoms with van der Waals surface area (Å²) in [6.45, 7) is 6.61. The number of allylic oxidation sites excluding steroid dienone is 1. The van der Waals surface area contributed by atoms with Gasteiger partial charge in [0.25, 0.3) is 0 Å². The highest BCUT2D eigenvalue weighted by atomic mass is 15.3. The van der Waals surface area contributed by atoms with Crippen LogP contribution in [0.15, 0.2) is 23.8 Å². The molecule has 1 aliphatic carbocycles. The SMILES string of the molecule is C=C1CCC2C=C2CC[N+](C)(C)C1. The van der Waals surface area contributed by atoms with E-state index in [1.54, 1.807) is 5.57 Å². The molecule has 1 unspecified atom stereocenters. The predicted molar refractivity (Wildman–Crippen MR) is 56.4 cm³/mol. The lowest BCUT2D eigenvalue weighted by atomic mass is 10.1. The van der Waals surface area contributed by atoms with E-state index in [4.69, 9.17) is 0 Å². The summed E-state index contributed by atoms with van der Waals surface area (Å²) in [7, 11) is 4.63. The van der Waals surface area contributed by atoms with Crippen LogP contribution in [0.1, 0.15) is 19.3 Å². The van der Waals surface area contributed by atoms with Crippen molar-refractivity contribution in [2.24, 2.45) is 5.92 Å². The Hall–Kier alpha value is -0.560. The van der Waals surface area contributed by atoms with Crippen LogP contribution in [-0.2, 0) is 0 Å². The van der Waals surface area contributed by atoms with Gasteiger partial charge >= 0.3 is 0 Å². The minimum atomic E-state index is 0.856. The number of fused-ring (bicyclic) bond motifs is 1. The van der Waals surface area contributed by atoms with Crippen molar-refractivity contribution in [2.75, 3.05) is 27.2 Å². The molecule has 72 valence electrons. The quantitative estimate of drug-likeness (QED) is 0.394. The molecule has 0 radical (unpaired) electrons. The first kappa shape index (κ1) is 9.01. The van der Waals surface area contributed by atoms with Crippen LogP contribution < -0.4 is 0 Å². The molecular weight excluding hydrogens is 158 g/mol. The van der Waals surface area contributed by atoms with Gasteiger partial charge in [0.05, 0.1) is 27.2 Å². The number of nitrogens with zero attached hydrogens (tertiary/aromatic N) is 1. The van der Waals surface area contributed by atoms with E-state index >= 15 is 0 Å². The van der Waals surface area contributed by atoms with Gasteiger partial charge in [-0.25, -0.2) is 0 Å². The molecule has 0 aromatic rings. The molecule has 0 bridgehead atoms. The van der Waals surface area contributed by atoms with E-state index in [0.29, 0.717) is 0 Å². The number of hydrogen-bond donors (Lipinski definition) is 0. The molecule has 0 saturated carbocycles. The van der Waals surface area contributed by atoms with Gasteiger partial charge < -0.3 is 4.48 Å². The van der Waals surface area contributed by atoms with Crippen molar-refractivity contribution < 1.29 is 4.48 Å². The van der Waals surface area contributed by atoms with Crippen molar-refractivity contribution in [3.8, 4) is 0 Å². The first-order chi connectivity index (χ1) is 6.07. The zero-order valence-corrected chi connectivity index (χ0v) is 8.84. The van der Waals surface area contributed by atoms with Crippen LogP contribution in [0, 0.1) is 5.92 Å². The molecule has 13 heavy (non-hydrogen) atoms. The fraction of sp³-hybridized carbons (Fsp3) is 0.667. The van der Waals surface area contributed by atoms with Gasteiger partial charge in [-0.2, -0.15) is 0 Å². The van der Waals surface area contributed by atoms with Crippen molar-refractivity contribution in [3.63, 3.8) is 0 Å². The smallest absolute Gasteiger partial charge is 0.0996 e. The predicted octanol–water partition coefficient (Wildman–Crippen LogP) is 2.36. The maximum Gasteiger partial charge on any atom is 0.0996 e. The highest BCUT2D eigenvalue weighted by Crippen LogP contribution is 2.38. The third-order valence-corrected chi connectivity index (χ3v) is 3.25. The van der Waals surface area contributed by atoms with Gasteiger partial charge in [0.1, 0.15) is 0 Å². The Morgan fingerprint density at radius 3 is 2.92 bits per heavy atom. The lowest BCUT2D eigenvalue weighted by Gasteiger charge is -2.29. The second-order valence-corrected chi connectivity index (χ2v) is 5.20. The van der Waals surface area contributed by atoms with Gasteiger partial charge in [-0.1, -0.05) is 18.2 Å². The average molecular weight is 178 g/mol. The normalized spacial score (nSPS) is 32.3. The fourth-order valence-electron chi connectivity index (χ4n) is 2.30. The molecule has 2 rings (SSSR count). The molecular formula is C12H20N+. The third-order valence-electron chi connectivity index (χ3n) is 3.25. The Morgan fingerprint density at radius 2 is 2.15 bits per heavy atom. The average Bonchev–Trinajstić information content (AvgIpc) is 2.74. The zero-order chi connectivity index (χ0) is 9.47. The maximum atomic E-state index is 4.17. The van der Waals surface area contributed by atoms with E-state index in [1.165, 1.54) is 37.9 Å². The van der Waals surface area contributed by atoms with Crippen LogP contribution in [0.25, 0.3) is 0 Å². The monoisotopic (exact) mass is 178 g/mol. The molecule has 1 nitrogen and oxygen atoms in total. The molecule has 0 aromatic carbocycles. The summed E-state index contributed by atoms with van der Waals surface area (Å²) >= 11 is 0. The lowest BCUT2D eigenvalue weighted by Crippen LogP contribution is -2.41. The molecule has 1 aliphatic heterocycles. The van der Waals surface area contributed by atoms with E-state index in [2.05, 4.69) is 26.8 Å². The van der Waals surface area contributed by atoms with Gasteiger partial charge in [-0.05, 0) is 24.3 Å². The van der Waals surface area contributed by atoms with Crippen LogP contribution in [-0.4, -0.2) is 31.7 Å². The molecule has 1 heteroatoms. The minimum Gasteiger partial charge on any atom is -0.325 e. The van der Waals surface area contributed by atoms with E-state index in [9.17, 15) is 0 Å². The van der Waals surface area contributed by atoms with Crippen LogP contribution in [0.4, 0.5) is 0 Å². The highest BCUT2D eigenvalue weighted by molar-refractivity contribution is 5.29. The Kier molecular flexibility index (Phi) is 2.07. The van der Waals surface area contributed by atoms with E-state index in [1.807, 2.05) is 0 Å². The first-order valence-corrected chi connectivity index (χ1v) is 5.26. The van der Waals surface area contributed by atoms with Gasteiger partial charge in [-0.15, -0.1) is 0 Å². The minimum absolute atomic E-state index is 0.856. The van der Waals surface area contributed by atoms with Gasteiger partial charge in [0, 0.05) is 6.42 Å². The molecule has 0 spiro atoms. The van der Waals surface area contributed by atoms with Crippen molar-refractivity contribution >= 4 is 0 Å². The number of rotatable bonds is 0. The third kappa shape index (κ3) is 2.22. The Labute approximate surface area is 81.3 Å². The summed E-state index contributed by atoms with van der Waals surface area (Å²) in [4.78, 5) is 0. The topological polar surface area (TPSA) is 0 Å². The lowest BCUT2D eigenvalue weighted by molar-refractivity contribution is -0.885. The molecule has 1 fully saturated rings. The van der Waals surface area contributed by atoms with Crippen LogP contribution in [0.3, 0.4) is 0 Å². The molecule has 0 amide bonds. The van der Waals surface area contributed by atoms with E-state index < -0.39 is 0 Å². The van der Waals surface area contributed by atoms with Crippen molar-refractivity contribution in [3.05, 3.63) is 23.8 Å². The Balaban J connectivity index is 2.02. The molecule has 1 heterocycles.